The van der Waals surface area contributed by atoms with Gasteiger partial charge in [-0.2, -0.15) is 0 Å². The number of carbonyl (C=O) groups is 2. The number of aryl methyl sites for hydroxylation is 1. The van der Waals surface area contributed by atoms with Crippen molar-refractivity contribution in [2.45, 2.75) is 51.6 Å². The quantitative estimate of drug-likeness (QED) is 0.823. The third kappa shape index (κ3) is 3.34. The molecule has 138 valence electrons. The topological polar surface area (TPSA) is 90.3 Å². The Morgan fingerprint density at radius 2 is 1.96 bits per heavy atom. The van der Waals surface area contributed by atoms with E-state index in [1.807, 2.05) is 6.07 Å². The van der Waals surface area contributed by atoms with Crippen LogP contribution in [-0.4, -0.2) is 33.6 Å². The molecule has 0 saturated heterocycles. The first-order chi connectivity index (χ1) is 12.5. The highest BCUT2D eigenvalue weighted by molar-refractivity contribution is 5.88. The van der Waals surface area contributed by atoms with E-state index in [1.54, 1.807) is 32.0 Å². The molecule has 0 spiro atoms. The first-order valence-electron chi connectivity index (χ1n) is 8.91. The second-order valence-electron chi connectivity index (χ2n) is 6.63. The lowest BCUT2D eigenvalue weighted by molar-refractivity contribution is -0.153. The fourth-order valence-corrected chi connectivity index (χ4v) is 3.54. The van der Waals surface area contributed by atoms with Gasteiger partial charge in [-0.05, 0) is 38.8 Å². The van der Waals surface area contributed by atoms with Gasteiger partial charge in [0.2, 0.25) is 5.91 Å². The first kappa shape index (κ1) is 18.1. The monoisotopic (exact) mass is 357 g/mol. The SMILES string of the molecule is CCOC(=O)C1(NC(=O)Cn2c(C)nc3ccccc3c2=O)CCCC1. The average Bonchev–Trinajstić information content (AvgIpc) is 3.08. The fraction of sp³-hybridized carbons (Fsp3) is 0.474. The van der Waals surface area contributed by atoms with Crippen LogP contribution in [0.2, 0.25) is 0 Å². The summed E-state index contributed by atoms with van der Waals surface area (Å²) in [6, 6.07) is 7.03. The van der Waals surface area contributed by atoms with Crippen LogP contribution >= 0.6 is 0 Å². The van der Waals surface area contributed by atoms with Crippen molar-refractivity contribution in [3.8, 4) is 0 Å². The summed E-state index contributed by atoms with van der Waals surface area (Å²) < 4.78 is 6.49. The van der Waals surface area contributed by atoms with Gasteiger partial charge in [-0.15, -0.1) is 0 Å². The molecule has 1 N–H and O–H groups in total. The van der Waals surface area contributed by atoms with E-state index < -0.39 is 11.5 Å². The number of amides is 1. The zero-order chi connectivity index (χ0) is 18.7. The first-order valence-corrected chi connectivity index (χ1v) is 8.91. The lowest BCUT2D eigenvalue weighted by atomic mass is 9.97. The van der Waals surface area contributed by atoms with Crippen molar-refractivity contribution in [2.24, 2.45) is 0 Å². The number of para-hydroxylation sites is 1. The van der Waals surface area contributed by atoms with Gasteiger partial charge < -0.3 is 10.1 Å². The smallest absolute Gasteiger partial charge is 0.331 e. The molecule has 1 saturated carbocycles. The number of carbonyl (C=O) groups excluding carboxylic acids is 2. The highest BCUT2D eigenvalue weighted by Crippen LogP contribution is 2.31. The van der Waals surface area contributed by atoms with E-state index in [4.69, 9.17) is 4.74 Å². The average molecular weight is 357 g/mol. The number of nitrogens with zero attached hydrogens (tertiary/aromatic N) is 2. The normalized spacial score (nSPS) is 15.8. The third-order valence-electron chi connectivity index (χ3n) is 4.86. The summed E-state index contributed by atoms with van der Waals surface area (Å²) in [5.74, 6) is -0.325. The summed E-state index contributed by atoms with van der Waals surface area (Å²) in [6.45, 7) is 3.52. The number of aromatic nitrogens is 2. The van der Waals surface area contributed by atoms with Crippen molar-refractivity contribution in [2.75, 3.05) is 6.61 Å². The van der Waals surface area contributed by atoms with E-state index in [1.165, 1.54) is 4.57 Å². The van der Waals surface area contributed by atoms with Crippen LogP contribution < -0.4 is 10.9 Å². The minimum absolute atomic E-state index is 0.177. The van der Waals surface area contributed by atoms with E-state index in [2.05, 4.69) is 10.3 Å². The van der Waals surface area contributed by atoms with Crippen LogP contribution in [0.15, 0.2) is 29.1 Å². The van der Waals surface area contributed by atoms with Crippen molar-refractivity contribution in [1.82, 2.24) is 14.9 Å². The lowest BCUT2D eigenvalue weighted by Crippen LogP contribution is -2.54. The number of rotatable bonds is 5. The van der Waals surface area contributed by atoms with Crippen molar-refractivity contribution in [1.29, 1.82) is 0 Å². The number of fused-ring (bicyclic) bond motifs is 1. The minimum Gasteiger partial charge on any atom is -0.464 e. The molecule has 0 atom stereocenters. The summed E-state index contributed by atoms with van der Waals surface area (Å²) >= 11 is 0. The molecule has 7 nitrogen and oxygen atoms in total. The Balaban J connectivity index is 1.85. The van der Waals surface area contributed by atoms with Gasteiger partial charge in [0, 0.05) is 0 Å². The van der Waals surface area contributed by atoms with Crippen molar-refractivity contribution in [3.05, 3.63) is 40.4 Å². The van der Waals surface area contributed by atoms with Crippen molar-refractivity contribution in [3.63, 3.8) is 0 Å². The predicted molar refractivity (Wildman–Crippen MR) is 96.7 cm³/mol. The Labute approximate surface area is 151 Å². The van der Waals surface area contributed by atoms with Gasteiger partial charge in [-0.1, -0.05) is 25.0 Å². The number of benzene rings is 1. The van der Waals surface area contributed by atoms with Gasteiger partial charge in [-0.25, -0.2) is 9.78 Å². The number of hydrogen-bond donors (Lipinski definition) is 1. The third-order valence-corrected chi connectivity index (χ3v) is 4.86. The highest BCUT2D eigenvalue weighted by atomic mass is 16.5. The number of esters is 1. The molecule has 1 amide bonds. The zero-order valence-electron chi connectivity index (χ0n) is 15.1. The molecule has 0 aliphatic heterocycles. The number of hydrogen-bond acceptors (Lipinski definition) is 5. The minimum atomic E-state index is -0.977. The Morgan fingerprint density at radius 1 is 1.27 bits per heavy atom. The standard InChI is InChI=1S/C19H23N3O4/c1-3-26-18(25)19(10-6-7-11-19)21-16(23)12-22-13(2)20-15-9-5-4-8-14(15)17(22)24/h4-5,8-9H,3,6-7,10-12H2,1-2H3,(H,21,23). The maximum Gasteiger partial charge on any atom is 0.331 e. The molecule has 1 aromatic carbocycles. The Hall–Kier alpha value is -2.70. The van der Waals surface area contributed by atoms with E-state index in [9.17, 15) is 14.4 Å². The molecule has 0 bridgehead atoms. The van der Waals surface area contributed by atoms with Crippen LogP contribution in [-0.2, 0) is 20.9 Å². The van der Waals surface area contributed by atoms with Crippen LogP contribution in [0.1, 0.15) is 38.4 Å². The van der Waals surface area contributed by atoms with E-state index >= 15 is 0 Å². The fourth-order valence-electron chi connectivity index (χ4n) is 3.54. The van der Waals surface area contributed by atoms with Gasteiger partial charge in [-0.3, -0.25) is 14.2 Å². The Kier molecular flexibility index (Phi) is 5.06. The molecule has 1 fully saturated rings. The van der Waals surface area contributed by atoms with Crippen molar-refractivity contribution < 1.29 is 14.3 Å². The van der Waals surface area contributed by atoms with Crippen LogP contribution in [0.25, 0.3) is 10.9 Å². The molecule has 1 aromatic heterocycles. The molecular formula is C19H23N3O4. The van der Waals surface area contributed by atoms with Gasteiger partial charge in [0.05, 0.1) is 17.5 Å². The maximum atomic E-state index is 12.7. The molecule has 1 aliphatic rings. The second-order valence-corrected chi connectivity index (χ2v) is 6.63. The lowest BCUT2D eigenvalue weighted by Gasteiger charge is -2.28. The Bertz CT molecular complexity index is 897. The molecule has 26 heavy (non-hydrogen) atoms. The second kappa shape index (κ2) is 7.27. The van der Waals surface area contributed by atoms with Gasteiger partial charge in [0.1, 0.15) is 17.9 Å². The maximum absolute atomic E-state index is 12.7. The van der Waals surface area contributed by atoms with Gasteiger partial charge in [0.15, 0.2) is 0 Å². The molecule has 0 radical (unpaired) electrons. The summed E-state index contributed by atoms with van der Waals surface area (Å²) in [6.07, 6.45) is 2.83. The predicted octanol–water partition coefficient (Wildman–Crippen LogP) is 1.70. The largest absolute Gasteiger partial charge is 0.464 e. The van der Waals surface area contributed by atoms with Gasteiger partial charge in [0.25, 0.3) is 5.56 Å². The zero-order valence-corrected chi connectivity index (χ0v) is 15.1. The van der Waals surface area contributed by atoms with E-state index in [-0.39, 0.29) is 24.6 Å². The van der Waals surface area contributed by atoms with E-state index in [0.29, 0.717) is 29.6 Å². The molecule has 3 rings (SSSR count). The van der Waals surface area contributed by atoms with Crippen LogP contribution in [0, 0.1) is 6.92 Å². The molecule has 7 heteroatoms. The molecule has 1 heterocycles. The van der Waals surface area contributed by atoms with Crippen LogP contribution in [0.5, 0.6) is 0 Å². The van der Waals surface area contributed by atoms with Crippen LogP contribution in [0.3, 0.4) is 0 Å². The van der Waals surface area contributed by atoms with Crippen molar-refractivity contribution >= 4 is 22.8 Å². The number of ether oxygens (including phenoxy) is 1. The molecular weight excluding hydrogens is 334 g/mol. The highest BCUT2D eigenvalue weighted by Gasteiger charge is 2.43. The summed E-state index contributed by atoms with van der Waals surface area (Å²) in [7, 11) is 0. The van der Waals surface area contributed by atoms with Crippen LogP contribution in [0.4, 0.5) is 0 Å². The summed E-state index contributed by atoms with van der Waals surface area (Å²) in [4.78, 5) is 42.0. The molecule has 1 aliphatic carbocycles. The molecule has 2 aromatic rings. The molecule has 0 unspecified atom stereocenters. The number of nitrogens with one attached hydrogen (secondary N) is 1. The summed E-state index contributed by atoms with van der Waals surface area (Å²) in [5, 5.41) is 3.29. The Morgan fingerprint density at radius 3 is 2.65 bits per heavy atom. The van der Waals surface area contributed by atoms with E-state index in [0.717, 1.165) is 12.8 Å². The van der Waals surface area contributed by atoms with Gasteiger partial charge >= 0.3 is 5.97 Å². The summed E-state index contributed by atoms with van der Waals surface area (Å²) in [5.41, 5.74) is -0.639.